The van der Waals surface area contributed by atoms with E-state index in [0.717, 1.165) is 4.57 Å². The Labute approximate surface area is 105 Å². The SMILES string of the molecule is CC(C(=O)O)n1cnc2c(nnc3ccnn32)c1=O. The molecule has 0 amide bonds. The van der Waals surface area contributed by atoms with Gasteiger partial charge in [0.25, 0.3) is 5.56 Å². The van der Waals surface area contributed by atoms with Gasteiger partial charge in [-0.1, -0.05) is 0 Å². The first-order valence-corrected chi connectivity index (χ1v) is 5.39. The number of carboxylic acid groups (broad SMARTS) is 1. The molecule has 9 heteroatoms. The van der Waals surface area contributed by atoms with E-state index in [2.05, 4.69) is 20.3 Å². The first-order valence-electron chi connectivity index (χ1n) is 5.39. The molecule has 3 rings (SSSR count). The number of carbonyl (C=O) groups is 1. The summed E-state index contributed by atoms with van der Waals surface area (Å²) in [6.07, 6.45) is 2.68. The monoisotopic (exact) mass is 260 g/mol. The smallest absolute Gasteiger partial charge is 0.326 e. The number of aromatic nitrogens is 6. The lowest BCUT2D eigenvalue weighted by atomic mass is 10.3. The van der Waals surface area contributed by atoms with Crippen LogP contribution in [0, 0.1) is 0 Å². The average Bonchev–Trinajstić information content (AvgIpc) is 2.86. The molecule has 0 aliphatic heterocycles. The number of hydrogen-bond donors (Lipinski definition) is 1. The van der Waals surface area contributed by atoms with E-state index in [1.807, 2.05) is 0 Å². The predicted octanol–water partition coefficient (Wildman–Crippen LogP) is -0.520. The van der Waals surface area contributed by atoms with Crippen molar-refractivity contribution in [2.45, 2.75) is 13.0 Å². The summed E-state index contributed by atoms with van der Waals surface area (Å²) in [6.45, 7) is 1.39. The summed E-state index contributed by atoms with van der Waals surface area (Å²) in [4.78, 5) is 27.1. The molecule has 0 saturated carbocycles. The van der Waals surface area contributed by atoms with Gasteiger partial charge in [-0.3, -0.25) is 9.36 Å². The zero-order valence-corrected chi connectivity index (χ0v) is 9.76. The third-order valence-electron chi connectivity index (χ3n) is 2.80. The Morgan fingerprint density at radius 3 is 2.95 bits per heavy atom. The summed E-state index contributed by atoms with van der Waals surface area (Å²) >= 11 is 0. The Balaban J connectivity index is 2.37. The lowest BCUT2D eigenvalue weighted by Crippen LogP contribution is -2.29. The van der Waals surface area contributed by atoms with Gasteiger partial charge in [0.1, 0.15) is 12.4 Å². The maximum absolute atomic E-state index is 12.2. The number of carboxylic acids is 1. The molecule has 0 aromatic carbocycles. The molecular formula is C10H8N6O3. The third-order valence-corrected chi connectivity index (χ3v) is 2.80. The third kappa shape index (κ3) is 1.55. The Kier molecular flexibility index (Phi) is 2.27. The highest BCUT2D eigenvalue weighted by atomic mass is 16.4. The second-order valence-electron chi connectivity index (χ2n) is 3.94. The van der Waals surface area contributed by atoms with Crippen molar-refractivity contribution < 1.29 is 9.90 Å². The molecule has 96 valence electrons. The van der Waals surface area contributed by atoms with E-state index in [9.17, 15) is 9.59 Å². The lowest BCUT2D eigenvalue weighted by molar-refractivity contribution is -0.140. The molecular weight excluding hydrogens is 252 g/mol. The minimum atomic E-state index is -1.13. The molecule has 3 aromatic rings. The molecule has 9 nitrogen and oxygen atoms in total. The molecule has 0 bridgehead atoms. The van der Waals surface area contributed by atoms with Crippen molar-refractivity contribution in [2.75, 3.05) is 0 Å². The van der Waals surface area contributed by atoms with E-state index < -0.39 is 17.6 Å². The second kappa shape index (κ2) is 3.83. The van der Waals surface area contributed by atoms with Gasteiger partial charge in [0.2, 0.25) is 0 Å². The van der Waals surface area contributed by atoms with Crippen molar-refractivity contribution in [1.29, 1.82) is 0 Å². The standard InChI is InChI=1S/C10H8N6O3/c1-5(10(18)19)15-4-11-8-7(9(15)17)14-13-6-2-3-12-16(6)8/h2-5H,1H3,(H,18,19). The van der Waals surface area contributed by atoms with E-state index in [0.29, 0.717) is 5.65 Å². The summed E-state index contributed by atoms with van der Waals surface area (Å²) in [5, 5.41) is 20.5. The lowest BCUT2D eigenvalue weighted by Gasteiger charge is -2.09. The largest absolute Gasteiger partial charge is 0.480 e. The van der Waals surface area contributed by atoms with E-state index in [1.165, 1.54) is 24.0 Å². The van der Waals surface area contributed by atoms with Crippen molar-refractivity contribution in [3.63, 3.8) is 0 Å². The molecule has 0 saturated heterocycles. The minimum Gasteiger partial charge on any atom is -0.480 e. The van der Waals surface area contributed by atoms with E-state index in [-0.39, 0.29) is 11.2 Å². The number of nitrogens with zero attached hydrogens (tertiary/aromatic N) is 6. The fourth-order valence-electron chi connectivity index (χ4n) is 1.72. The maximum atomic E-state index is 12.2. The molecule has 1 unspecified atom stereocenters. The number of rotatable bonds is 2. The highest BCUT2D eigenvalue weighted by Crippen LogP contribution is 2.07. The van der Waals surface area contributed by atoms with Crippen LogP contribution in [-0.2, 0) is 4.79 Å². The molecule has 0 aliphatic carbocycles. The van der Waals surface area contributed by atoms with Crippen LogP contribution in [-0.4, -0.2) is 40.4 Å². The quantitative estimate of drug-likeness (QED) is 0.659. The molecule has 1 N–H and O–H groups in total. The number of aliphatic carboxylic acids is 1. The zero-order chi connectivity index (χ0) is 13.6. The molecule has 1 atom stereocenters. The van der Waals surface area contributed by atoms with Crippen molar-refractivity contribution >= 4 is 22.8 Å². The molecule has 0 fully saturated rings. The van der Waals surface area contributed by atoms with Crippen LogP contribution < -0.4 is 5.56 Å². The van der Waals surface area contributed by atoms with Crippen LogP contribution in [0.1, 0.15) is 13.0 Å². The van der Waals surface area contributed by atoms with Crippen LogP contribution in [0.2, 0.25) is 0 Å². The van der Waals surface area contributed by atoms with Crippen molar-refractivity contribution in [2.24, 2.45) is 0 Å². The Morgan fingerprint density at radius 2 is 2.21 bits per heavy atom. The van der Waals surface area contributed by atoms with Gasteiger partial charge in [-0.25, -0.2) is 9.78 Å². The van der Waals surface area contributed by atoms with Crippen LogP contribution >= 0.6 is 0 Å². The summed E-state index contributed by atoms with van der Waals surface area (Å²) < 4.78 is 2.37. The molecule has 3 heterocycles. The highest BCUT2D eigenvalue weighted by Gasteiger charge is 2.18. The zero-order valence-electron chi connectivity index (χ0n) is 9.76. The van der Waals surface area contributed by atoms with Gasteiger partial charge in [0, 0.05) is 6.07 Å². The van der Waals surface area contributed by atoms with Gasteiger partial charge in [-0.15, -0.1) is 10.2 Å². The summed E-state index contributed by atoms with van der Waals surface area (Å²) in [7, 11) is 0. The molecule has 3 aromatic heterocycles. The first-order chi connectivity index (χ1) is 9.09. The first kappa shape index (κ1) is 11.3. The van der Waals surface area contributed by atoms with E-state index in [4.69, 9.17) is 5.11 Å². The molecule has 0 radical (unpaired) electrons. The van der Waals surface area contributed by atoms with Crippen LogP contribution in [0.5, 0.6) is 0 Å². The van der Waals surface area contributed by atoms with Gasteiger partial charge in [-0.2, -0.15) is 9.61 Å². The van der Waals surface area contributed by atoms with Crippen LogP contribution in [0.4, 0.5) is 0 Å². The van der Waals surface area contributed by atoms with Gasteiger partial charge < -0.3 is 5.11 Å². The Bertz CT molecular complexity index is 851. The fourth-order valence-corrected chi connectivity index (χ4v) is 1.72. The number of fused-ring (bicyclic) bond motifs is 3. The second-order valence-corrected chi connectivity index (χ2v) is 3.94. The summed E-state index contributed by atoms with van der Waals surface area (Å²) in [5.74, 6) is -1.13. The Morgan fingerprint density at radius 1 is 1.42 bits per heavy atom. The Hall–Kier alpha value is -2.84. The predicted molar refractivity (Wildman–Crippen MR) is 62.7 cm³/mol. The highest BCUT2D eigenvalue weighted by molar-refractivity contribution is 5.73. The van der Waals surface area contributed by atoms with Gasteiger partial charge in [0.15, 0.2) is 16.8 Å². The average molecular weight is 260 g/mol. The van der Waals surface area contributed by atoms with Crippen LogP contribution in [0.15, 0.2) is 23.4 Å². The van der Waals surface area contributed by atoms with Gasteiger partial charge in [-0.05, 0) is 6.92 Å². The topological polar surface area (TPSA) is 115 Å². The molecule has 0 aliphatic rings. The van der Waals surface area contributed by atoms with E-state index >= 15 is 0 Å². The van der Waals surface area contributed by atoms with Gasteiger partial charge in [0.05, 0.1) is 6.20 Å². The molecule has 19 heavy (non-hydrogen) atoms. The van der Waals surface area contributed by atoms with Crippen molar-refractivity contribution in [1.82, 2.24) is 29.4 Å². The van der Waals surface area contributed by atoms with Crippen molar-refractivity contribution in [3.8, 4) is 0 Å². The van der Waals surface area contributed by atoms with Gasteiger partial charge >= 0.3 is 5.97 Å². The van der Waals surface area contributed by atoms with Crippen LogP contribution in [0.25, 0.3) is 16.8 Å². The summed E-state index contributed by atoms with van der Waals surface area (Å²) in [6, 6.07) is 0.596. The summed E-state index contributed by atoms with van der Waals surface area (Å²) in [5.41, 5.74) is 0.119. The normalized spacial score (nSPS) is 12.9. The fraction of sp³-hybridized carbons (Fsp3) is 0.200. The van der Waals surface area contributed by atoms with Crippen LogP contribution in [0.3, 0.4) is 0 Å². The molecule has 0 spiro atoms. The van der Waals surface area contributed by atoms with E-state index in [1.54, 1.807) is 6.07 Å². The number of hydrogen-bond acceptors (Lipinski definition) is 6. The van der Waals surface area contributed by atoms with Crippen molar-refractivity contribution in [3.05, 3.63) is 28.9 Å². The minimum absolute atomic E-state index is 0.0215. The maximum Gasteiger partial charge on any atom is 0.326 e.